The summed E-state index contributed by atoms with van der Waals surface area (Å²) >= 11 is 0. The van der Waals surface area contributed by atoms with Crippen LogP contribution in [-0.4, -0.2) is 64.3 Å². The largest absolute Gasteiger partial charge is 0.465 e. The smallest absolute Gasteiger partial charge is 0.357 e. The van der Waals surface area contributed by atoms with Crippen LogP contribution in [-0.2, 0) is 9.47 Å². The SMILES string of the molecule is COC(=O)c1nc(N(C)C)nc(N(C)C)c1C(=O)OC. The van der Waals surface area contributed by atoms with Crippen LogP contribution in [0.4, 0.5) is 11.8 Å². The van der Waals surface area contributed by atoms with Crippen molar-refractivity contribution in [2.75, 3.05) is 52.2 Å². The van der Waals surface area contributed by atoms with Crippen LogP contribution in [0.2, 0.25) is 0 Å². The summed E-state index contributed by atoms with van der Waals surface area (Å²) in [5, 5.41) is 0. The number of ether oxygens (including phenoxy) is 2. The number of nitrogens with zero attached hydrogens (tertiary/aromatic N) is 4. The maximum atomic E-state index is 11.9. The van der Waals surface area contributed by atoms with Gasteiger partial charge in [-0.05, 0) is 0 Å². The molecule has 0 fully saturated rings. The zero-order valence-electron chi connectivity index (χ0n) is 12.4. The molecular weight excluding hydrogens is 264 g/mol. The molecule has 0 saturated heterocycles. The molecule has 0 amide bonds. The van der Waals surface area contributed by atoms with Crippen LogP contribution in [0.25, 0.3) is 0 Å². The highest BCUT2D eigenvalue weighted by Gasteiger charge is 2.28. The molecule has 0 aliphatic carbocycles. The minimum Gasteiger partial charge on any atom is -0.465 e. The molecule has 8 nitrogen and oxygen atoms in total. The molecule has 110 valence electrons. The monoisotopic (exact) mass is 282 g/mol. The minimum atomic E-state index is -0.723. The van der Waals surface area contributed by atoms with Gasteiger partial charge >= 0.3 is 11.9 Å². The topological polar surface area (TPSA) is 84.9 Å². The molecule has 0 unspecified atom stereocenters. The van der Waals surface area contributed by atoms with E-state index in [0.717, 1.165) is 0 Å². The van der Waals surface area contributed by atoms with E-state index in [2.05, 4.69) is 14.7 Å². The van der Waals surface area contributed by atoms with Crippen molar-refractivity contribution in [2.45, 2.75) is 0 Å². The molecule has 0 aromatic carbocycles. The summed E-state index contributed by atoms with van der Waals surface area (Å²) in [5.74, 6) is -0.837. The molecule has 0 aliphatic heterocycles. The second kappa shape index (κ2) is 6.18. The first-order valence-corrected chi connectivity index (χ1v) is 5.76. The Hall–Kier alpha value is -2.38. The average molecular weight is 282 g/mol. The van der Waals surface area contributed by atoms with E-state index in [-0.39, 0.29) is 17.1 Å². The number of carbonyl (C=O) groups excluding carboxylic acids is 2. The Balaban J connectivity index is 3.66. The van der Waals surface area contributed by atoms with Gasteiger partial charge in [-0.25, -0.2) is 14.6 Å². The third-order valence-corrected chi connectivity index (χ3v) is 2.47. The molecule has 0 spiro atoms. The quantitative estimate of drug-likeness (QED) is 0.723. The van der Waals surface area contributed by atoms with Gasteiger partial charge in [0, 0.05) is 28.2 Å². The van der Waals surface area contributed by atoms with Crippen LogP contribution in [0.15, 0.2) is 0 Å². The van der Waals surface area contributed by atoms with E-state index in [9.17, 15) is 9.59 Å². The highest BCUT2D eigenvalue weighted by Crippen LogP contribution is 2.23. The lowest BCUT2D eigenvalue weighted by Crippen LogP contribution is -2.25. The first-order valence-electron chi connectivity index (χ1n) is 5.76. The summed E-state index contributed by atoms with van der Waals surface area (Å²) in [6.07, 6.45) is 0. The first kappa shape index (κ1) is 15.7. The fourth-order valence-corrected chi connectivity index (χ4v) is 1.50. The lowest BCUT2D eigenvalue weighted by Gasteiger charge is -2.20. The number of methoxy groups -OCH3 is 2. The van der Waals surface area contributed by atoms with Crippen molar-refractivity contribution in [1.29, 1.82) is 0 Å². The van der Waals surface area contributed by atoms with Crippen molar-refractivity contribution in [1.82, 2.24) is 9.97 Å². The predicted octanol–water partition coefficient (Wildman–Crippen LogP) is 0.182. The molecule has 0 N–H and O–H groups in total. The Bertz CT molecular complexity index is 528. The highest BCUT2D eigenvalue weighted by molar-refractivity contribution is 6.05. The fraction of sp³-hybridized carbons (Fsp3) is 0.500. The molecule has 8 heteroatoms. The number of carbonyl (C=O) groups is 2. The summed E-state index contributed by atoms with van der Waals surface area (Å²) in [7, 11) is 9.31. The highest BCUT2D eigenvalue weighted by atomic mass is 16.5. The van der Waals surface area contributed by atoms with Gasteiger partial charge in [0.2, 0.25) is 5.95 Å². The third kappa shape index (κ3) is 2.95. The van der Waals surface area contributed by atoms with Gasteiger partial charge in [-0.15, -0.1) is 0 Å². The van der Waals surface area contributed by atoms with Crippen LogP contribution in [0.3, 0.4) is 0 Å². The minimum absolute atomic E-state index is 0.0186. The number of rotatable bonds is 4. The molecule has 1 rings (SSSR count). The number of anilines is 2. The summed E-state index contributed by atoms with van der Waals surface area (Å²) in [6, 6.07) is 0. The van der Waals surface area contributed by atoms with Crippen LogP contribution in [0, 0.1) is 0 Å². The molecule has 1 aromatic heterocycles. The van der Waals surface area contributed by atoms with Gasteiger partial charge in [0.25, 0.3) is 0 Å². The van der Waals surface area contributed by atoms with Crippen LogP contribution < -0.4 is 9.80 Å². The third-order valence-electron chi connectivity index (χ3n) is 2.47. The number of esters is 2. The van der Waals surface area contributed by atoms with Gasteiger partial charge < -0.3 is 19.3 Å². The second-order valence-electron chi connectivity index (χ2n) is 4.34. The lowest BCUT2D eigenvalue weighted by atomic mass is 10.2. The van der Waals surface area contributed by atoms with Crippen molar-refractivity contribution >= 4 is 23.7 Å². The molecule has 0 radical (unpaired) electrons. The van der Waals surface area contributed by atoms with E-state index in [0.29, 0.717) is 5.95 Å². The zero-order chi connectivity index (χ0) is 15.4. The van der Waals surface area contributed by atoms with Gasteiger partial charge in [0.15, 0.2) is 5.69 Å². The summed E-state index contributed by atoms with van der Waals surface area (Å²) in [6.45, 7) is 0. The van der Waals surface area contributed by atoms with Crippen molar-refractivity contribution in [3.05, 3.63) is 11.3 Å². The van der Waals surface area contributed by atoms with Gasteiger partial charge in [-0.3, -0.25) is 0 Å². The van der Waals surface area contributed by atoms with Crippen LogP contribution in [0.1, 0.15) is 20.8 Å². The Kier molecular flexibility index (Phi) is 4.84. The van der Waals surface area contributed by atoms with Gasteiger partial charge in [0.05, 0.1) is 14.2 Å². The van der Waals surface area contributed by atoms with E-state index in [4.69, 9.17) is 4.74 Å². The van der Waals surface area contributed by atoms with Crippen LogP contribution in [0.5, 0.6) is 0 Å². The predicted molar refractivity (Wildman–Crippen MR) is 73.4 cm³/mol. The number of hydrogen-bond donors (Lipinski definition) is 0. The second-order valence-corrected chi connectivity index (χ2v) is 4.34. The molecule has 20 heavy (non-hydrogen) atoms. The van der Waals surface area contributed by atoms with E-state index >= 15 is 0 Å². The summed E-state index contributed by atoms with van der Waals surface area (Å²) in [4.78, 5) is 35.3. The van der Waals surface area contributed by atoms with Crippen molar-refractivity contribution in [3.63, 3.8) is 0 Å². The van der Waals surface area contributed by atoms with E-state index < -0.39 is 11.9 Å². The lowest BCUT2D eigenvalue weighted by molar-refractivity contribution is 0.0550. The van der Waals surface area contributed by atoms with E-state index in [1.807, 2.05) is 0 Å². The molecule has 0 atom stereocenters. The van der Waals surface area contributed by atoms with E-state index in [1.54, 1.807) is 38.0 Å². The molecular formula is C12H18N4O4. The number of hydrogen-bond acceptors (Lipinski definition) is 8. The average Bonchev–Trinajstić information content (AvgIpc) is 2.43. The Morgan fingerprint density at radius 2 is 1.45 bits per heavy atom. The Labute approximate surface area is 117 Å². The Morgan fingerprint density at radius 3 is 1.85 bits per heavy atom. The van der Waals surface area contributed by atoms with E-state index in [1.165, 1.54) is 14.2 Å². The van der Waals surface area contributed by atoms with Gasteiger partial charge in [0.1, 0.15) is 11.4 Å². The van der Waals surface area contributed by atoms with Gasteiger partial charge in [-0.1, -0.05) is 0 Å². The maximum absolute atomic E-state index is 11.9. The first-order chi connectivity index (χ1) is 9.33. The zero-order valence-corrected chi connectivity index (χ0v) is 12.4. The fourth-order valence-electron chi connectivity index (χ4n) is 1.50. The Morgan fingerprint density at radius 1 is 0.900 bits per heavy atom. The van der Waals surface area contributed by atoms with Crippen molar-refractivity contribution in [3.8, 4) is 0 Å². The van der Waals surface area contributed by atoms with Crippen molar-refractivity contribution in [2.24, 2.45) is 0 Å². The normalized spacial score (nSPS) is 9.90. The molecule has 0 saturated carbocycles. The molecule has 0 aliphatic rings. The molecule has 1 heterocycles. The van der Waals surface area contributed by atoms with Crippen LogP contribution >= 0.6 is 0 Å². The summed E-state index contributed by atoms with van der Waals surface area (Å²) in [5.41, 5.74) is -0.142. The summed E-state index contributed by atoms with van der Waals surface area (Å²) < 4.78 is 9.36. The molecule has 1 aromatic rings. The van der Waals surface area contributed by atoms with Gasteiger partial charge in [-0.2, -0.15) is 4.98 Å². The standard InChI is InChI=1S/C12H18N4O4/c1-15(2)9-7(10(17)19-5)8(11(18)20-6)13-12(14-9)16(3)4/h1-6H3. The number of aromatic nitrogens is 2. The molecule has 0 bridgehead atoms. The maximum Gasteiger partial charge on any atom is 0.357 e. The van der Waals surface area contributed by atoms with Crippen molar-refractivity contribution < 1.29 is 19.1 Å².